The van der Waals surface area contributed by atoms with Crippen LogP contribution in [0.25, 0.3) is 0 Å². The number of hydrogen-bond acceptors (Lipinski definition) is 1. The lowest BCUT2D eigenvalue weighted by Gasteiger charge is -2.15. The lowest BCUT2D eigenvalue weighted by atomic mass is 9.94. The zero-order chi connectivity index (χ0) is 6.69. The van der Waals surface area contributed by atoms with Crippen molar-refractivity contribution in [2.75, 3.05) is 6.54 Å². The van der Waals surface area contributed by atoms with Crippen LogP contribution in [0.2, 0.25) is 0 Å². The van der Waals surface area contributed by atoms with Crippen molar-refractivity contribution in [3.63, 3.8) is 0 Å². The normalized spacial score (nSPS) is 25.0. The van der Waals surface area contributed by atoms with Gasteiger partial charge >= 0.3 is 0 Å². The van der Waals surface area contributed by atoms with E-state index >= 15 is 0 Å². The molecule has 1 atom stereocenters. The summed E-state index contributed by atoms with van der Waals surface area (Å²) < 4.78 is 12.3. The average Bonchev–Trinajstić information content (AvgIpc) is 1.90. The van der Waals surface area contributed by atoms with Crippen molar-refractivity contribution in [3.05, 3.63) is 11.9 Å². The van der Waals surface area contributed by atoms with Gasteiger partial charge in [0.15, 0.2) is 0 Å². The molecule has 0 aliphatic heterocycles. The third-order valence-corrected chi connectivity index (χ3v) is 1.80. The van der Waals surface area contributed by atoms with Crippen LogP contribution in [0, 0.1) is 5.92 Å². The number of allylic oxidation sites excluding steroid dienone is 2. The highest BCUT2D eigenvalue weighted by atomic mass is 35.5. The van der Waals surface area contributed by atoms with Gasteiger partial charge in [-0.1, -0.05) is 6.08 Å². The van der Waals surface area contributed by atoms with Crippen molar-refractivity contribution in [1.82, 2.24) is 0 Å². The predicted octanol–water partition coefficient (Wildman–Crippen LogP) is 2.02. The molecule has 1 unspecified atom stereocenters. The Bertz CT molecular complexity index is 125. The van der Waals surface area contributed by atoms with Crippen molar-refractivity contribution in [3.8, 4) is 0 Å². The molecule has 0 fully saturated rings. The molecule has 2 N–H and O–H groups in total. The Morgan fingerprint density at radius 1 is 1.70 bits per heavy atom. The second-order valence-electron chi connectivity index (χ2n) is 2.53. The van der Waals surface area contributed by atoms with Gasteiger partial charge in [0.05, 0.1) is 5.83 Å². The highest BCUT2D eigenvalue weighted by molar-refractivity contribution is 5.85. The van der Waals surface area contributed by atoms with Crippen molar-refractivity contribution >= 4 is 12.4 Å². The van der Waals surface area contributed by atoms with E-state index in [0.29, 0.717) is 18.9 Å². The largest absolute Gasteiger partial charge is 0.330 e. The monoisotopic (exact) mass is 165 g/mol. The average molecular weight is 166 g/mol. The summed E-state index contributed by atoms with van der Waals surface area (Å²) in [7, 11) is 0. The number of nitrogens with two attached hydrogens (primary N) is 1. The predicted molar refractivity (Wildman–Crippen MR) is 42.8 cm³/mol. The van der Waals surface area contributed by atoms with Gasteiger partial charge in [0.25, 0.3) is 0 Å². The van der Waals surface area contributed by atoms with E-state index in [0.717, 1.165) is 12.8 Å². The maximum absolute atomic E-state index is 12.3. The minimum Gasteiger partial charge on any atom is -0.330 e. The highest BCUT2D eigenvalue weighted by Crippen LogP contribution is 2.22. The molecule has 10 heavy (non-hydrogen) atoms. The molecule has 0 aromatic heterocycles. The van der Waals surface area contributed by atoms with Crippen LogP contribution < -0.4 is 5.73 Å². The summed E-state index contributed by atoms with van der Waals surface area (Å²) in [5.41, 5.74) is 5.40. The highest BCUT2D eigenvalue weighted by Gasteiger charge is 2.11. The minimum atomic E-state index is 0. The molecule has 0 saturated heterocycles. The first-order valence-corrected chi connectivity index (χ1v) is 3.37. The Morgan fingerprint density at radius 2 is 2.40 bits per heavy atom. The van der Waals surface area contributed by atoms with Crippen LogP contribution in [0.1, 0.15) is 19.3 Å². The topological polar surface area (TPSA) is 26.0 Å². The first-order valence-electron chi connectivity index (χ1n) is 3.37. The van der Waals surface area contributed by atoms with Crippen LogP contribution in [-0.4, -0.2) is 6.54 Å². The van der Waals surface area contributed by atoms with Crippen LogP contribution in [0.5, 0.6) is 0 Å². The van der Waals surface area contributed by atoms with Gasteiger partial charge in [0.1, 0.15) is 0 Å². The lowest BCUT2D eigenvalue weighted by molar-refractivity contribution is 0.431. The van der Waals surface area contributed by atoms with Crippen LogP contribution >= 0.6 is 12.4 Å². The summed E-state index contributed by atoms with van der Waals surface area (Å²) >= 11 is 0. The fourth-order valence-corrected chi connectivity index (χ4v) is 1.07. The second-order valence-corrected chi connectivity index (χ2v) is 2.53. The van der Waals surface area contributed by atoms with E-state index in [1.165, 1.54) is 0 Å². The Morgan fingerprint density at radius 3 is 2.80 bits per heavy atom. The van der Waals surface area contributed by atoms with Gasteiger partial charge in [-0.3, -0.25) is 0 Å². The Hall–Kier alpha value is -0.0800. The van der Waals surface area contributed by atoms with Gasteiger partial charge in [-0.25, -0.2) is 4.39 Å². The molecule has 0 saturated carbocycles. The van der Waals surface area contributed by atoms with E-state index in [2.05, 4.69) is 0 Å². The van der Waals surface area contributed by atoms with Crippen LogP contribution in [0.15, 0.2) is 11.9 Å². The molecule has 0 spiro atoms. The van der Waals surface area contributed by atoms with Crippen LogP contribution in [-0.2, 0) is 0 Å². The van der Waals surface area contributed by atoms with E-state index in [1.54, 1.807) is 6.08 Å². The fourth-order valence-electron chi connectivity index (χ4n) is 1.07. The zero-order valence-corrected chi connectivity index (χ0v) is 6.66. The second kappa shape index (κ2) is 4.69. The maximum Gasteiger partial charge on any atom is 0.0960 e. The molecule has 1 aliphatic rings. The number of rotatable bonds is 1. The fraction of sp³-hybridized carbons (Fsp3) is 0.714. The lowest BCUT2D eigenvalue weighted by Crippen LogP contribution is -2.15. The zero-order valence-electron chi connectivity index (χ0n) is 5.85. The number of halogens is 2. The van der Waals surface area contributed by atoms with E-state index in [9.17, 15) is 4.39 Å². The van der Waals surface area contributed by atoms with Gasteiger partial charge in [0, 0.05) is 0 Å². The molecule has 3 heteroatoms. The third-order valence-electron chi connectivity index (χ3n) is 1.80. The molecule has 0 radical (unpaired) electrons. The molecule has 60 valence electrons. The summed E-state index contributed by atoms with van der Waals surface area (Å²) in [5, 5.41) is 0. The molecule has 0 heterocycles. The Balaban J connectivity index is 0.000000810. The van der Waals surface area contributed by atoms with Crippen molar-refractivity contribution in [2.45, 2.75) is 19.3 Å². The molecular weight excluding hydrogens is 153 g/mol. The van der Waals surface area contributed by atoms with Crippen molar-refractivity contribution in [2.24, 2.45) is 11.7 Å². The summed E-state index contributed by atoms with van der Waals surface area (Å²) in [6.45, 7) is 0.698. The molecule has 1 nitrogen and oxygen atoms in total. The molecule has 0 amide bonds. The molecular formula is C7H13ClFN. The summed E-state index contributed by atoms with van der Waals surface area (Å²) in [4.78, 5) is 0. The van der Waals surface area contributed by atoms with E-state index in [1.807, 2.05) is 0 Å². The minimum absolute atomic E-state index is 0. The molecule has 0 aromatic rings. The van der Waals surface area contributed by atoms with Crippen LogP contribution in [0.4, 0.5) is 4.39 Å². The number of hydrogen-bond donors (Lipinski definition) is 1. The molecule has 1 rings (SSSR count). The van der Waals surface area contributed by atoms with Crippen LogP contribution in [0.3, 0.4) is 0 Å². The third kappa shape index (κ3) is 2.67. The summed E-state index contributed by atoms with van der Waals surface area (Å²) in [6, 6.07) is 0. The van der Waals surface area contributed by atoms with E-state index in [4.69, 9.17) is 5.73 Å². The van der Waals surface area contributed by atoms with Crippen molar-refractivity contribution < 1.29 is 4.39 Å². The van der Waals surface area contributed by atoms with Gasteiger partial charge in [-0.15, -0.1) is 12.4 Å². The molecule has 0 bridgehead atoms. The Kier molecular flexibility index (Phi) is 4.65. The SMILES string of the molecule is Cl.NCC1CC=C(F)CC1. The van der Waals surface area contributed by atoms with E-state index in [-0.39, 0.29) is 18.2 Å². The molecule has 0 aromatic carbocycles. The standard InChI is InChI=1S/C7H12FN.ClH/c8-7-3-1-6(5-9)2-4-7;/h3,6H,1-2,4-5,9H2;1H. The maximum atomic E-state index is 12.3. The first-order chi connectivity index (χ1) is 4.33. The first kappa shape index (κ1) is 9.92. The molecule has 1 aliphatic carbocycles. The van der Waals surface area contributed by atoms with E-state index < -0.39 is 0 Å². The van der Waals surface area contributed by atoms with Gasteiger partial charge in [0.2, 0.25) is 0 Å². The summed E-state index contributed by atoms with van der Waals surface area (Å²) in [6.07, 6.45) is 4.02. The van der Waals surface area contributed by atoms with Gasteiger partial charge in [-0.2, -0.15) is 0 Å². The van der Waals surface area contributed by atoms with Crippen molar-refractivity contribution in [1.29, 1.82) is 0 Å². The summed E-state index contributed by atoms with van der Waals surface area (Å²) in [5.74, 6) is 0.573. The smallest absolute Gasteiger partial charge is 0.0960 e. The quantitative estimate of drug-likeness (QED) is 0.632. The van der Waals surface area contributed by atoms with Gasteiger partial charge < -0.3 is 5.73 Å². The Labute approximate surface area is 66.9 Å². The van der Waals surface area contributed by atoms with Gasteiger partial charge in [-0.05, 0) is 31.7 Å².